The highest BCUT2D eigenvalue weighted by Crippen LogP contribution is 2.27. The molecule has 4 rings (SSSR count). The van der Waals surface area contributed by atoms with Crippen molar-refractivity contribution in [2.75, 3.05) is 11.5 Å². The summed E-state index contributed by atoms with van der Waals surface area (Å²) in [5.41, 5.74) is 12.4. The lowest BCUT2D eigenvalue weighted by Crippen LogP contribution is -2.18. The summed E-state index contributed by atoms with van der Waals surface area (Å²) >= 11 is 1.60. The van der Waals surface area contributed by atoms with Gasteiger partial charge < -0.3 is 11.5 Å². The van der Waals surface area contributed by atoms with Crippen molar-refractivity contribution in [1.29, 1.82) is 0 Å². The molecule has 0 saturated heterocycles. The van der Waals surface area contributed by atoms with Gasteiger partial charge in [-0.1, -0.05) is 22.7 Å². The summed E-state index contributed by atoms with van der Waals surface area (Å²) in [5, 5.41) is 1.05. The van der Waals surface area contributed by atoms with Crippen LogP contribution in [0.3, 0.4) is 0 Å². The number of nitrogens with two attached hydrogens (primary N) is 2. The van der Waals surface area contributed by atoms with Crippen molar-refractivity contribution >= 4 is 64.1 Å². The first-order chi connectivity index (χ1) is 12.8. The van der Waals surface area contributed by atoms with E-state index < -0.39 is 29.1 Å². The topological polar surface area (TPSA) is 120 Å². The first kappa shape index (κ1) is 17.7. The molecule has 0 aliphatic carbocycles. The Kier molecular flexibility index (Phi) is 4.02. The van der Waals surface area contributed by atoms with Crippen LogP contribution in [0.15, 0.2) is 67.9 Å². The van der Waals surface area contributed by atoms with Crippen molar-refractivity contribution in [3.63, 3.8) is 0 Å². The van der Waals surface area contributed by atoms with Crippen molar-refractivity contribution in [1.82, 2.24) is 0 Å². The Balaban J connectivity index is 2.01. The van der Waals surface area contributed by atoms with Crippen LogP contribution in [0.2, 0.25) is 0 Å². The van der Waals surface area contributed by atoms with Gasteiger partial charge in [0.05, 0.1) is 0 Å². The summed E-state index contributed by atoms with van der Waals surface area (Å²) in [6, 6.07) is 12.3. The molecule has 0 amide bonds. The molecule has 4 N–H and O–H groups in total. The van der Waals surface area contributed by atoms with Crippen LogP contribution in [0.5, 0.6) is 0 Å². The SMILES string of the molecule is Nc1ccc2sc(=O)c(S(=O)(=O)c3cc4cc(N)ccc4sc3=O)cc2c1. The van der Waals surface area contributed by atoms with Crippen molar-refractivity contribution in [3.05, 3.63) is 67.6 Å². The van der Waals surface area contributed by atoms with Crippen LogP contribution < -0.4 is 21.0 Å². The third kappa shape index (κ3) is 2.99. The largest absolute Gasteiger partial charge is 0.399 e. The number of sulfone groups is 1. The van der Waals surface area contributed by atoms with Crippen molar-refractivity contribution in [3.8, 4) is 0 Å². The van der Waals surface area contributed by atoms with Crippen LogP contribution in [-0.4, -0.2) is 8.42 Å². The quantitative estimate of drug-likeness (QED) is 0.485. The second-order valence-electron chi connectivity index (χ2n) is 5.89. The Morgan fingerprint density at radius 3 is 1.48 bits per heavy atom. The number of nitrogen functional groups attached to an aromatic ring is 2. The lowest BCUT2D eigenvalue weighted by Gasteiger charge is -2.06. The van der Waals surface area contributed by atoms with Gasteiger partial charge in [-0.05, 0) is 59.3 Å². The predicted molar refractivity (Wildman–Crippen MR) is 110 cm³/mol. The monoisotopic (exact) mass is 416 g/mol. The zero-order chi connectivity index (χ0) is 19.3. The molecule has 6 nitrogen and oxygen atoms in total. The smallest absolute Gasteiger partial charge is 0.251 e. The van der Waals surface area contributed by atoms with E-state index in [0.29, 0.717) is 31.5 Å². The van der Waals surface area contributed by atoms with Gasteiger partial charge in [-0.3, -0.25) is 9.59 Å². The maximum Gasteiger partial charge on any atom is 0.251 e. The molecule has 2 aromatic heterocycles. The maximum atomic E-state index is 13.1. The molecule has 27 heavy (non-hydrogen) atoms. The first-order valence-electron chi connectivity index (χ1n) is 7.67. The third-order valence-electron chi connectivity index (χ3n) is 4.03. The van der Waals surface area contributed by atoms with Gasteiger partial charge in [-0.25, -0.2) is 8.42 Å². The van der Waals surface area contributed by atoms with Gasteiger partial charge in [0.25, 0.3) is 9.48 Å². The summed E-state index contributed by atoms with van der Waals surface area (Å²) < 4.78 is 26.1. The van der Waals surface area contributed by atoms with Gasteiger partial charge in [0, 0.05) is 20.8 Å². The minimum Gasteiger partial charge on any atom is -0.399 e. The summed E-state index contributed by atoms with van der Waals surface area (Å²) in [5.74, 6) is 0. The highest BCUT2D eigenvalue weighted by atomic mass is 32.2. The number of hydrogen-bond acceptors (Lipinski definition) is 8. The second kappa shape index (κ2) is 6.15. The molecule has 2 aromatic carbocycles. The fourth-order valence-corrected chi connectivity index (χ4v) is 6.35. The average molecular weight is 417 g/mol. The van der Waals surface area contributed by atoms with E-state index in [1.807, 2.05) is 0 Å². The molecule has 0 bridgehead atoms. The number of hydrogen-bond donors (Lipinski definition) is 2. The lowest BCUT2D eigenvalue weighted by atomic mass is 10.2. The molecule has 0 unspecified atom stereocenters. The molecule has 0 aliphatic heterocycles. The molecule has 0 saturated carbocycles. The molecule has 2 heterocycles. The molecule has 0 spiro atoms. The maximum absolute atomic E-state index is 13.1. The molecule has 9 heteroatoms. The standard InChI is InChI=1S/C18H12N2O4S3/c19-11-1-3-13-9(5-11)7-15(17(21)25-13)27(23,24)16-8-10-6-12(20)2-4-14(10)26-18(16)22/h1-8H,19-20H2. The third-order valence-corrected chi connectivity index (χ3v) is 8.04. The zero-order valence-electron chi connectivity index (χ0n) is 13.6. The number of fused-ring (bicyclic) bond motifs is 2. The van der Waals surface area contributed by atoms with E-state index in [9.17, 15) is 18.0 Å². The molecular formula is C18H12N2O4S3. The summed E-state index contributed by atoms with van der Waals surface area (Å²) in [4.78, 5) is 24.0. The molecule has 0 radical (unpaired) electrons. The Labute approximate surface area is 161 Å². The van der Waals surface area contributed by atoms with Crippen molar-refractivity contribution < 1.29 is 8.42 Å². The number of benzene rings is 2. The second-order valence-corrected chi connectivity index (χ2v) is 9.81. The Morgan fingerprint density at radius 2 is 1.07 bits per heavy atom. The van der Waals surface area contributed by atoms with E-state index in [-0.39, 0.29) is 0 Å². The Morgan fingerprint density at radius 1 is 0.667 bits per heavy atom. The van der Waals surface area contributed by atoms with Crippen LogP contribution in [0.1, 0.15) is 0 Å². The van der Waals surface area contributed by atoms with E-state index in [1.54, 1.807) is 36.4 Å². The number of rotatable bonds is 2. The zero-order valence-corrected chi connectivity index (χ0v) is 16.1. The van der Waals surface area contributed by atoms with Crippen LogP contribution in [0, 0.1) is 0 Å². The molecule has 136 valence electrons. The normalized spacial score (nSPS) is 11.9. The summed E-state index contributed by atoms with van der Waals surface area (Å²) in [6.45, 7) is 0. The van der Waals surface area contributed by atoms with Gasteiger partial charge >= 0.3 is 0 Å². The van der Waals surface area contributed by atoms with Crippen molar-refractivity contribution in [2.24, 2.45) is 0 Å². The van der Waals surface area contributed by atoms with E-state index in [1.165, 1.54) is 12.1 Å². The first-order valence-corrected chi connectivity index (χ1v) is 10.8. The highest BCUT2D eigenvalue weighted by Gasteiger charge is 2.26. The molecule has 0 fully saturated rings. The highest BCUT2D eigenvalue weighted by molar-refractivity contribution is 7.91. The summed E-state index contributed by atoms with van der Waals surface area (Å²) in [7, 11) is -4.29. The van der Waals surface area contributed by atoms with E-state index in [2.05, 4.69) is 0 Å². The summed E-state index contributed by atoms with van der Waals surface area (Å²) in [6.07, 6.45) is 0. The van der Waals surface area contributed by atoms with Gasteiger partial charge in [0.15, 0.2) is 0 Å². The van der Waals surface area contributed by atoms with Gasteiger partial charge in [0.2, 0.25) is 9.84 Å². The minimum absolute atomic E-state index is 0.432. The fourth-order valence-electron chi connectivity index (χ4n) is 2.74. The van der Waals surface area contributed by atoms with E-state index >= 15 is 0 Å². The Bertz CT molecular complexity index is 1350. The van der Waals surface area contributed by atoms with Gasteiger partial charge in [0.1, 0.15) is 9.79 Å². The van der Waals surface area contributed by atoms with Crippen molar-refractivity contribution in [2.45, 2.75) is 9.79 Å². The van der Waals surface area contributed by atoms with Gasteiger partial charge in [-0.15, -0.1) is 0 Å². The molecular weight excluding hydrogens is 404 g/mol. The minimum atomic E-state index is -4.29. The van der Waals surface area contributed by atoms with Crippen LogP contribution >= 0.6 is 22.7 Å². The van der Waals surface area contributed by atoms with E-state index in [0.717, 1.165) is 22.7 Å². The molecule has 0 aliphatic rings. The average Bonchev–Trinajstić information content (AvgIpc) is 2.61. The number of anilines is 2. The fraction of sp³-hybridized carbons (Fsp3) is 0. The van der Waals surface area contributed by atoms with Crippen LogP contribution in [0.4, 0.5) is 11.4 Å². The van der Waals surface area contributed by atoms with Crippen LogP contribution in [-0.2, 0) is 9.84 Å². The Hall–Kier alpha value is -2.75. The lowest BCUT2D eigenvalue weighted by molar-refractivity contribution is 0.595. The predicted octanol–water partition coefficient (Wildman–Crippen LogP) is 2.83. The van der Waals surface area contributed by atoms with Crippen LogP contribution in [0.25, 0.3) is 20.2 Å². The molecule has 4 aromatic rings. The van der Waals surface area contributed by atoms with Gasteiger partial charge in [-0.2, -0.15) is 0 Å². The van der Waals surface area contributed by atoms with E-state index in [4.69, 9.17) is 11.5 Å². The molecule has 0 atom stereocenters.